The standard InChI is InChI=1S/C7H6N2O3/c10-4-5-2-1-3-6-7(5)8-12-9(6)11/h1-3,10H,4H2. The number of hydrogen-bond acceptors (Lipinski definition) is 4. The molecule has 1 heterocycles. The molecule has 0 aliphatic rings. The molecule has 12 heavy (non-hydrogen) atoms. The van der Waals surface area contributed by atoms with Gasteiger partial charge in [0.1, 0.15) is 0 Å². The number of fused-ring (bicyclic) bond motifs is 1. The Hall–Kier alpha value is -1.62. The first-order valence-electron chi connectivity index (χ1n) is 3.41. The first kappa shape index (κ1) is 7.05. The van der Waals surface area contributed by atoms with Gasteiger partial charge in [0, 0.05) is 10.7 Å². The number of aromatic nitrogens is 2. The van der Waals surface area contributed by atoms with Crippen molar-refractivity contribution in [3.05, 3.63) is 29.0 Å². The predicted octanol–water partition coefficient (Wildman–Crippen LogP) is -0.0465. The third kappa shape index (κ3) is 0.835. The summed E-state index contributed by atoms with van der Waals surface area (Å²) in [6.07, 6.45) is 0. The molecule has 62 valence electrons. The lowest BCUT2D eigenvalue weighted by Crippen LogP contribution is -2.22. The second-order valence-corrected chi connectivity index (χ2v) is 2.37. The van der Waals surface area contributed by atoms with Gasteiger partial charge in [-0.15, -0.1) is 0 Å². The lowest BCUT2D eigenvalue weighted by atomic mass is 10.2. The SMILES string of the molecule is [O-][n+]1onc2c(CO)cccc21. The minimum absolute atomic E-state index is 0.149. The monoisotopic (exact) mass is 166 g/mol. The average molecular weight is 166 g/mol. The molecule has 0 unspecified atom stereocenters. The molecule has 5 nitrogen and oxygen atoms in total. The van der Waals surface area contributed by atoms with Gasteiger partial charge in [0.15, 0.2) is 0 Å². The predicted molar refractivity (Wildman–Crippen MR) is 38.9 cm³/mol. The van der Waals surface area contributed by atoms with Crippen molar-refractivity contribution >= 4 is 11.0 Å². The van der Waals surface area contributed by atoms with E-state index in [2.05, 4.69) is 9.79 Å². The zero-order valence-corrected chi connectivity index (χ0v) is 6.10. The minimum Gasteiger partial charge on any atom is -0.392 e. The van der Waals surface area contributed by atoms with E-state index in [-0.39, 0.29) is 6.61 Å². The first-order valence-corrected chi connectivity index (χ1v) is 3.41. The van der Waals surface area contributed by atoms with Crippen LogP contribution in [0.4, 0.5) is 0 Å². The van der Waals surface area contributed by atoms with E-state index in [9.17, 15) is 5.21 Å². The highest BCUT2D eigenvalue weighted by Gasteiger charge is 2.11. The molecule has 0 saturated carbocycles. The summed E-state index contributed by atoms with van der Waals surface area (Å²) < 4.78 is 4.36. The van der Waals surface area contributed by atoms with E-state index in [1.165, 1.54) is 0 Å². The molecule has 0 saturated heterocycles. The molecule has 0 atom stereocenters. The highest BCUT2D eigenvalue weighted by Crippen LogP contribution is 2.12. The van der Waals surface area contributed by atoms with Crippen molar-refractivity contribution in [1.29, 1.82) is 0 Å². The molecule has 5 heteroatoms. The molecule has 0 bridgehead atoms. The van der Waals surface area contributed by atoms with Gasteiger partial charge in [-0.1, -0.05) is 12.1 Å². The fourth-order valence-electron chi connectivity index (χ4n) is 1.08. The number of nitrogens with zero attached hydrogens (tertiary/aromatic N) is 2. The Bertz CT molecular complexity index is 410. The maximum atomic E-state index is 10.9. The highest BCUT2D eigenvalue weighted by atomic mass is 16.8. The van der Waals surface area contributed by atoms with Crippen LogP contribution in [-0.2, 0) is 6.61 Å². The van der Waals surface area contributed by atoms with Gasteiger partial charge in [0.05, 0.1) is 6.61 Å². The molecular formula is C7H6N2O3. The van der Waals surface area contributed by atoms with Gasteiger partial charge < -0.3 is 10.3 Å². The van der Waals surface area contributed by atoms with Gasteiger partial charge in [-0.3, -0.25) is 4.63 Å². The van der Waals surface area contributed by atoms with Crippen LogP contribution in [0.2, 0.25) is 0 Å². The quantitative estimate of drug-likeness (QED) is 0.603. The van der Waals surface area contributed by atoms with E-state index >= 15 is 0 Å². The van der Waals surface area contributed by atoms with Crippen LogP contribution in [0.1, 0.15) is 5.56 Å². The van der Waals surface area contributed by atoms with Gasteiger partial charge in [-0.25, -0.2) is 0 Å². The molecule has 0 amide bonds. The largest absolute Gasteiger partial charge is 0.392 e. The molecule has 0 aliphatic carbocycles. The molecule has 2 rings (SSSR count). The summed E-state index contributed by atoms with van der Waals surface area (Å²) in [6.45, 7) is -0.149. The van der Waals surface area contributed by atoms with Crippen molar-refractivity contribution in [2.24, 2.45) is 0 Å². The molecule has 1 aromatic heterocycles. The summed E-state index contributed by atoms with van der Waals surface area (Å²) in [6, 6.07) is 4.93. The molecule has 0 radical (unpaired) electrons. The summed E-state index contributed by atoms with van der Waals surface area (Å²) in [5, 5.41) is 23.2. The van der Waals surface area contributed by atoms with Crippen LogP contribution in [0.25, 0.3) is 11.0 Å². The number of aliphatic hydroxyl groups is 1. The smallest absolute Gasteiger partial charge is 0.254 e. The molecule has 1 aromatic carbocycles. The normalized spacial score (nSPS) is 10.8. The van der Waals surface area contributed by atoms with Crippen molar-refractivity contribution in [3.8, 4) is 0 Å². The van der Waals surface area contributed by atoms with Crippen molar-refractivity contribution in [3.63, 3.8) is 0 Å². The number of aliphatic hydroxyl groups excluding tert-OH is 1. The molecular weight excluding hydrogens is 160 g/mol. The molecule has 0 aliphatic heterocycles. The summed E-state index contributed by atoms with van der Waals surface area (Å²) in [7, 11) is 0. The number of benzene rings is 1. The fraction of sp³-hybridized carbons (Fsp3) is 0.143. The van der Waals surface area contributed by atoms with E-state index in [1.807, 2.05) is 0 Å². The zero-order chi connectivity index (χ0) is 8.55. The maximum Gasteiger partial charge on any atom is 0.254 e. The first-order chi connectivity index (χ1) is 5.83. The van der Waals surface area contributed by atoms with E-state index in [0.29, 0.717) is 21.5 Å². The van der Waals surface area contributed by atoms with Gasteiger partial charge in [-0.05, 0) is 11.0 Å². The highest BCUT2D eigenvalue weighted by molar-refractivity contribution is 5.74. The summed E-state index contributed by atoms with van der Waals surface area (Å²) in [5.74, 6) is 0. The third-order valence-electron chi connectivity index (χ3n) is 1.67. The minimum atomic E-state index is -0.149. The molecule has 1 N–H and O–H groups in total. The Kier molecular flexibility index (Phi) is 1.44. The van der Waals surface area contributed by atoms with Gasteiger partial charge in [-0.2, -0.15) is 0 Å². The van der Waals surface area contributed by atoms with Crippen LogP contribution in [0.3, 0.4) is 0 Å². The summed E-state index contributed by atoms with van der Waals surface area (Å²) >= 11 is 0. The van der Waals surface area contributed by atoms with E-state index in [4.69, 9.17) is 5.11 Å². The van der Waals surface area contributed by atoms with E-state index in [0.717, 1.165) is 0 Å². The van der Waals surface area contributed by atoms with Crippen LogP contribution in [0.5, 0.6) is 0 Å². The molecule has 2 aromatic rings. The Labute approximate surface area is 67.4 Å². The fourth-order valence-corrected chi connectivity index (χ4v) is 1.08. The molecule has 0 fully saturated rings. The van der Waals surface area contributed by atoms with Crippen molar-refractivity contribution < 1.29 is 14.6 Å². The van der Waals surface area contributed by atoms with Gasteiger partial charge in [0.25, 0.3) is 5.52 Å². The average Bonchev–Trinajstić information content (AvgIpc) is 2.48. The number of rotatable bonds is 1. The number of hydrogen-bond donors (Lipinski definition) is 1. The lowest BCUT2D eigenvalue weighted by Gasteiger charge is -1.90. The van der Waals surface area contributed by atoms with Gasteiger partial charge >= 0.3 is 0 Å². The van der Waals surface area contributed by atoms with Crippen LogP contribution < -0.4 is 4.90 Å². The third-order valence-corrected chi connectivity index (χ3v) is 1.67. The Morgan fingerprint density at radius 1 is 1.58 bits per heavy atom. The van der Waals surface area contributed by atoms with Crippen LogP contribution >= 0.6 is 0 Å². The van der Waals surface area contributed by atoms with Crippen LogP contribution in [-0.4, -0.2) is 10.3 Å². The van der Waals surface area contributed by atoms with Crippen molar-refractivity contribution in [1.82, 2.24) is 5.16 Å². The second-order valence-electron chi connectivity index (χ2n) is 2.37. The van der Waals surface area contributed by atoms with Gasteiger partial charge in [0.2, 0.25) is 5.52 Å². The van der Waals surface area contributed by atoms with Crippen LogP contribution in [0.15, 0.2) is 22.8 Å². The maximum absolute atomic E-state index is 10.9. The van der Waals surface area contributed by atoms with Crippen molar-refractivity contribution in [2.75, 3.05) is 0 Å². The Balaban J connectivity index is 2.81. The van der Waals surface area contributed by atoms with Crippen molar-refractivity contribution in [2.45, 2.75) is 6.61 Å². The summed E-state index contributed by atoms with van der Waals surface area (Å²) in [5.41, 5.74) is 1.34. The Morgan fingerprint density at radius 3 is 3.17 bits per heavy atom. The Morgan fingerprint density at radius 2 is 2.42 bits per heavy atom. The van der Waals surface area contributed by atoms with E-state index in [1.54, 1.807) is 18.2 Å². The summed E-state index contributed by atoms with van der Waals surface area (Å²) in [4.78, 5) is 0.314. The van der Waals surface area contributed by atoms with E-state index < -0.39 is 0 Å². The zero-order valence-electron chi connectivity index (χ0n) is 6.10. The van der Waals surface area contributed by atoms with Crippen LogP contribution in [0, 0.1) is 5.21 Å². The topological polar surface area (TPSA) is 73.2 Å². The lowest BCUT2D eigenvalue weighted by molar-refractivity contribution is -0.782. The molecule has 0 spiro atoms. The second kappa shape index (κ2) is 2.46.